The Kier molecular flexibility index (Phi) is 4.08. The highest BCUT2D eigenvalue weighted by Crippen LogP contribution is 2.33. The monoisotopic (exact) mass is 347 g/mol. The molecule has 3 aromatic rings. The topological polar surface area (TPSA) is 59.2 Å². The molecular weight excluding hydrogens is 335 g/mol. The minimum atomic E-state index is -4.84. The van der Waals surface area contributed by atoms with Crippen molar-refractivity contribution in [1.82, 2.24) is 4.98 Å². The second-order valence-electron chi connectivity index (χ2n) is 5.38. The number of aromatic nitrogens is 1. The number of Topliss-reactive ketones (excluding diaryl/α,β-unsaturated/α-hetero) is 1. The molecule has 0 bridgehead atoms. The number of fused-ring (bicyclic) bond motifs is 1. The Bertz CT molecular complexity index is 1010. The van der Waals surface area contributed by atoms with Crippen LogP contribution in [0.15, 0.2) is 53.3 Å². The van der Waals surface area contributed by atoms with Gasteiger partial charge in [0.05, 0.1) is 5.56 Å². The average Bonchev–Trinajstić information content (AvgIpc) is 2.53. The number of rotatable bonds is 3. The molecule has 0 radical (unpaired) electrons. The molecule has 0 unspecified atom stereocenters. The van der Waals surface area contributed by atoms with Crippen molar-refractivity contribution in [2.24, 2.45) is 0 Å². The van der Waals surface area contributed by atoms with Gasteiger partial charge in [0.2, 0.25) is 0 Å². The summed E-state index contributed by atoms with van der Waals surface area (Å²) in [6, 6.07) is 12.1. The van der Waals surface area contributed by atoms with Crippen molar-refractivity contribution in [3.05, 3.63) is 64.4 Å². The summed E-state index contributed by atoms with van der Waals surface area (Å²) < 4.78 is 41.5. The van der Waals surface area contributed by atoms with Gasteiger partial charge in [-0.15, -0.1) is 13.2 Å². The molecule has 2 aromatic carbocycles. The molecule has 0 fully saturated rings. The number of ketones is 1. The van der Waals surface area contributed by atoms with Gasteiger partial charge in [0.25, 0.3) is 5.56 Å². The third-order valence-electron chi connectivity index (χ3n) is 3.63. The highest BCUT2D eigenvalue weighted by Gasteiger charge is 2.31. The SMILES string of the molecule is CC(=O)c1c(-c2ccccc2)c2cc(OC(F)(F)F)ccc2[nH]c1=O. The zero-order valence-electron chi connectivity index (χ0n) is 13.0. The predicted molar refractivity (Wildman–Crippen MR) is 86.7 cm³/mol. The fourth-order valence-corrected chi connectivity index (χ4v) is 2.71. The van der Waals surface area contributed by atoms with Crippen LogP contribution in [0.5, 0.6) is 5.75 Å². The predicted octanol–water partition coefficient (Wildman–Crippen LogP) is 4.30. The van der Waals surface area contributed by atoms with Crippen LogP contribution in [0.25, 0.3) is 22.0 Å². The quantitative estimate of drug-likeness (QED) is 0.719. The van der Waals surface area contributed by atoms with Crippen LogP contribution in [0.4, 0.5) is 13.2 Å². The van der Waals surface area contributed by atoms with Crippen molar-refractivity contribution in [1.29, 1.82) is 0 Å². The van der Waals surface area contributed by atoms with Crippen LogP contribution < -0.4 is 10.3 Å². The van der Waals surface area contributed by atoms with Crippen LogP contribution in [0.2, 0.25) is 0 Å². The lowest BCUT2D eigenvalue weighted by Crippen LogP contribution is -2.19. The second kappa shape index (κ2) is 6.08. The number of pyridine rings is 1. The molecule has 0 saturated carbocycles. The zero-order chi connectivity index (χ0) is 18.2. The van der Waals surface area contributed by atoms with E-state index in [9.17, 15) is 22.8 Å². The van der Waals surface area contributed by atoms with Gasteiger partial charge in [-0.25, -0.2) is 0 Å². The number of halogens is 3. The Hall–Kier alpha value is -3.09. The third-order valence-corrected chi connectivity index (χ3v) is 3.63. The summed E-state index contributed by atoms with van der Waals surface area (Å²) in [6.07, 6.45) is -4.84. The standard InChI is InChI=1S/C18H12F3NO3/c1-10(23)15-16(11-5-3-2-4-6-11)13-9-12(25-18(19,20)21)7-8-14(13)22-17(15)24/h2-9H,1H3,(H,22,24). The summed E-state index contributed by atoms with van der Waals surface area (Å²) in [5, 5.41) is 0.290. The maximum Gasteiger partial charge on any atom is 0.573 e. The number of hydrogen-bond donors (Lipinski definition) is 1. The summed E-state index contributed by atoms with van der Waals surface area (Å²) >= 11 is 0. The molecule has 1 heterocycles. The van der Waals surface area contributed by atoms with E-state index in [4.69, 9.17) is 0 Å². The molecule has 1 N–H and O–H groups in total. The van der Waals surface area contributed by atoms with Crippen LogP contribution >= 0.6 is 0 Å². The number of benzene rings is 2. The lowest BCUT2D eigenvalue weighted by molar-refractivity contribution is -0.274. The number of aromatic amines is 1. The lowest BCUT2D eigenvalue weighted by atomic mass is 9.94. The van der Waals surface area contributed by atoms with Gasteiger partial charge in [0.1, 0.15) is 5.75 Å². The molecule has 4 nitrogen and oxygen atoms in total. The fraction of sp³-hybridized carbons (Fsp3) is 0.111. The molecule has 0 amide bonds. The molecule has 0 spiro atoms. The van der Waals surface area contributed by atoms with Gasteiger partial charge < -0.3 is 9.72 Å². The van der Waals surface area contributed by atoms with E-state index in [0.717, 1.165) is 12.1 Å². The number of carbonyl (C=O) groups is 1. The smallest absolute Gasteiger partial charge is 0.406 e. The molecule has 3 rings (SSSR count). The average molecular weight is 347 g/mol. The first kappa shape index (κ1) is 16.8. The van der Waals surface area contributed by atoms with Gasteiger partial charge >= 0.3 is 6.36 Å². The summed E-state index contributed by atoms with van der Waals surface area (Å²) in [7, 11) is 0. The molecule has 0 atom stereocenters. The Morgan fingerprint density at radius 1 is 1.08 bits per heavy atom. The number of carbonyl (C=O) groups excluding carboxylic acids is 1. The highest BCUT2D eigenvalue weighted by atomic mass is 19.4. The fourth-order valence-electron chi connectivity index (χ4n) is 2.71. The van der Waals surface area contributed by atoms with E-state index in [1.807, 2.05) is 0 Å². The van der Waals surface area contributed by atoms with Crippen LogP contribution in [0, 0.1) is 0 Å². The Morgan fingerprint density at radius 3 is 2.36 bits per heavy atom. The molecule has 128 valence electrons. The Balaban J connectivity index is 2.37. The van der Waals surface area contributed by atoms with Gasteiger partial charge in [0, 0.05) is 16.5 Å². The minimum absolute atomic E-state index is 0.108. The maximum atomic E-state index is 12.5. The van der Waals surface area contributed by atoms with Gasteiger partial charge in [-0.3, -0.25) is 9.59 Å². The molecule has 0 aliphatic rings. The van der Waals surface area contributed by atoms with Crippen molar-refractivity contribution in [2.45, 2.75) is 13.3 Å². The van der Waals surface area contributed by atoms with Crippen LogP contribution in [-0.4, -0.2) is 17.1 Å². The largest absolute Gasteiger partial charge is 0.573 e. The van der Waals surface area contributed by atoms with E-state index >= 15 is 0 Å². The first-order chi connectivity index (χ1) is 11.8. The summed E-state index contributed by atoms with van der Waals surface area (Å²) in [6.45, 7) is 1.24. The van der Waals surface area contributed by atoms with Crippen LogP contribution in [0.3, 0.4) is 0 Å². The maximum absolute atomic E-state index is 12.5. The van der Waals surface area contributed by atoms with E-state index in [-0.39, 0.29) is 16.5 Å². The van der Waals surface area contributed by atoms with E-state index in [1.165, 1.54) is 13.0 Å². The second-order valence-corrected chi connectivity index (χ2v) is 5.38. The molecule has 25 heavy (non-hydrogen) atoms. The van der Waals surface area contributed by atoms with Gasteiger partial charge in [-0.1, -0.05) is 30.3 Å². The molecule has 7 heteroatoms. The summed E-state index contributed by atoms with van der Waals surface area (Å²) in [4.78, 5) is 26.8. The molecule has 1 aromatic heterocycles. The van der Waals surface area contributed by atoms with E-state index < -0.39 is 23.5 Å². The first-order valence-corrected chi connectivity index (χ1v) is 7.28. The normalized spacial score (nSPS) is 11.5. The van der Waals surface area contributed by atoms with Crippen molar-refractivity contribution in [3.8, 4) is 16.9 Å². The van der Waals surface area contributed by atoms with Gasteiger partial charge in [-0.2, -0.15) is 0 Å². The van der Waals surface area contributed by atoms with Crippen LogP contribution in [0.1, 0.15) is 17.3 Å². The molecule has 0 aliphatic carbocycles. The molecule has 0 saturated heterocycles. The summed E-state index contributed by atoms with van der Waals surface area (Å²) in [5.74, 6) is -0.914. The van der Waals surface area contributed by atoms with Crippen molar-refractivity contribution < 1.29 is 22.7 Å². The van der Waals surface area contributed by atoms with Crippen molar-refractivity contribution >= 4 is 16.7 Å². The number of ether oxygens (including phenoxy) is 1. The summed E-state index contributed by atoms with van der Waals surface area (Å²) in [5.41, 5.74) is 0.432. The lowest BCUT2D eigenvalue weighted by Gasteiger charge is -2.14. The zero-order valence-corrected chi connectivity index (χ0v) is 13.0. The number of H-pyrrole nitrogens is 1. The number of nitrogens with one attached hydrogen (secondary N) is 1. The number of alkyl halides is 3. The highest BCUT2D eigenvalue weighted by molar-refractivity contribution is 6.08. The number of hydrogen-bond acceptors (Lipinski definition) is 3. The van der Waals surface area contributed by atoms with Crippen molar-refractivity contribution in [2.75, 3.05) is 0 Å². The van der Waals surface area contributed by atoms with E-state index in [2.05, 4.69) is 9.72 Å². The van der Waals surface area contributed by atoms with Crippen LogP contribution in [-0.2, 0) is 0 Å². The van der Waals surface area contributed by atoms with E-state index in [0.29, 0.717) is 11.1 Å². The Labute approximate surface area is 139 Å². The molecular formula is C18H12F3NO3. The van der Waals surface area contributed by atoms with E-state index in [1.54, 1.807) is 30.3 Å². The third kappa shape index (κ3) is 3.40. The first-order valence-electron chi connectivity index (χ1n) is 7.28. The molecule has 0 aliphatic heterocycles. The Morgan fingerprint density at radius 2 is 1.76 bits per heavy atom. The van der Waals surface area contributed by atoms with Gasteiger partial charge in [-0.05, 0) is 30.7 Å². The minimum Gasteiger partial charge on any atom is -0.406 e. The van der Waals surface area contributed by atoms with Gasteiger partial charge in [0.15, 0.2) is 5.78 Å². The van der Waals surface area contributed by atoms with Crippen molar-refractivity contribution in [3.63, 3.8) is 0 Å².